The number of hydrogen-bond donors (Lipinski definition) is 1. The quantitative estimate of drug-likeness (QED) is 0.899. The maximum atomic E-state index is 10.7. The van der Waals surface area contributed by atoms with Gasteiger partial charge in [0.1, 0.15) is 11.8 Å². The number of aliphatic carboxylic acids is 1. The Morgan fingerprint density at radius 2 is 2.19 bits per heavy atom. The van der Waals surface area contributed by atoms with E-state index in [4.69, 9.17) is 15.1 Å². The van der Waals surface area contributed by atoms with E-state index >= 15 is 0 Å². The number of rotatable bonds is 5. The van der Waals surface area contributed by atoms with Crippen LogP contribution in [0, 0.1) is 17.2 Å². The zero-order valence-electron chi connectivity index (χ0n) is 12.2. The zero-order valence-corrected chi connectivity index (χ0v) is 12.2. The summed E-state index contributed by atoms with van der Waals surface area (Å²) >= 11 is 0. The van der Waals surface area contributed by atoms with Gasteiger partial charge in [0.15, 0.2) is 0 Å². The second-order valence-corrected chi connectivity index (χ2v) is 5.46. The smallest absolute Gasteiger partial charge is 0.303 e. The maximum absolute atomic E-state index is 10.7. The molecule has 1 aromatic carbocycles. The molecule has 21 heavy (non-hydrogen) atoms. The molecule has 0 atom stereocenters. The third-order valence-electron chi connectivity index (χ3n) is 3.96. The highest BCUT2D eigenvalue weighted by Gasteiger charge is 2.21. The van der Waals surface area contributed by atoms with Crippen molar-refractivity contribution in [2.75, 3.05) is 20.2 Å². The Hall–Kier alpha value is -2.06. The molecule has 1 aliphatic heterocycles. The number of carboxylic acid groups (broad SMARTS) is 1. The van der Waals surface area contributed by atoms with Crippen LogP contribution in [0.1, 0.15) is 30.4 Å². The Labute approximate surface area is 124 Å². The van der Waals surface area contributed by atoms with Gasteiger partial charge < -0.3 is 9.84 Å². The molecule has 0 spiro atoms. The number of nitrogens with zero attached hydrogens (tertiary/aromatic N) is 2. The van der Waals surface area contributed by atoms with Gasteiger partial charge in [-0.2, -0.15) is 5.26 Å². The lowest BCUT2D eigenvalue weighted by Gasteiger charge is -2.31. The number of likely N-dealkylation sites (tertiary alicyclic amines) is 1. The number of methoxy groups -OCH3 is 1. The zero-order chi connectivity index (χ0) is 15.2. The van der Waals surface area contributed by atoms with Gasteiger partial charge >= 0.3 is 5.97 Å². The number of carboxylic acids is 1. The van der Waals surface area contributed by atoms with Crippen molar-refractivity contribution in [1.29, 1.82) is 5.26 Å². The standard InChI is InChI=1S/C16H20N2O3/c1-21-15-3-2-13(8-14(15)10-17)11-18-6-4-12(5-7-18)9-16(19)20/h2-3,8,12H,4-7,9,11H2,1H3,(H,19,20). The molecule has 0 bridgehead atoms. The van der Waals surface area contributed by atoms with Gasteiger partial charge in [-0.1, -0.05) is 6.07 Å². The molecule has 1 aliphatic rings. The molecule has 1 N–H and O–H groups in total. The number of benzene rings is 1. The van der Waals surface area contributed by atoms with E-state index in [9.17, 15) is 4.79 Å². The van der Waals surface area contributed by atoms with E-state index in [2.05, 4.69) is 11.0 Å². The molecule has 0 saturated carbocycles. The first-order valence-corrected chi connectivity index (χ1v) is 7.13. The molecule has 0 aliphatic carbocycles. The summed E-state index contributed by atoms with van der Waals surface area (Å²) in [5.74, 6) is 0.188. The SMILES string of the molecule is COc1ccc(CN2CCC(CC(=O)O)CC2)cc1C#N. The fourth-order valence-electron chi connectivity index (χ4n) is 2.79. The lowest BCUT2D eigenvalue weighted by Crippen LogP contribution is -2.33. The van der Waals surface area contributed by atoms with Crippen LogP contribution in [0.4, 0.5) is 0 Å². The fraction of sp³-hybridized carbons (Fsp3) is 0.500. The Balaban J connectivity index is 1.92. The molecule has 5 heteroatoms. The molecule has 1 fully saturated rings. The van der Waals surface area contributed by atoms with Gasteiger partial charge in [-0.05, 0) is 49.5 Å². The van der Waals surface area contributed by atoms with Crippen molar-refractivity contribution >= 4 is 5.97 Å². The molecule has 1 heterocycles. The first-order valence-electron chi connectivity index (χ1n) is 7.13. The highest BCUT2D eigenvalue weighted by Crippen LogP contribution is 2.24. The first kappa shape index (κ1) is 15.3. The third-order valence-corrected chi connectivity index (χ3v) is 3.96. The van der Waals surface area contributed by atoms with Gasteiger partial charge in [-0.25, -0.2) is 0 Å². The minimum atomic E-state index is -0.706. The number of piperidine rings is 1. The first-order chi connectivity index (χ1) is 10.1. The largest absolute Gasteiger partial charge is 0.495 e. The minimum absolute atomic E-state index is 0.273. The average Bonchev–Trinajstić information content (AvgIpc) is 2.48. The summed E-state index contributed by atoms with van der Waals surface area (Å²) in [6.07, 6.45) is 2.12. The van der Waals surface area contributed by atoms with Crippen molar-refractivity contribution in [3.63, 3.8) is 0 Å². The van der Waals surface area contributed by atoms with Crippen LogP contribution in [0.15, 0.2) is 18.2 Å². The molecule has 0 radical (unpaired) electrons. The normalized spacial score (nSPS) is 16.4. The molecule has 0 aromatic heterocycles. The van der Waals surface area contributed by atoms with Crippen LogP contribution in [0.2, 0.25) is 0 Å². The Bertz CT molecular complexity index is 543. The summed E-state index contributed by atoms with van der Waals surface area (Å²) in [4.78, 5) is 13.0. The van der Waals surface area contributed by atoms with Gasteiger partial charge in [-0.15, -0.1) is 0 Å². The highest BCUT2D eigenvalue weighted by molar-refractivity contribution is 5.67. The molecule has 1 aromatic rings. The number of hydrogen-bond acceptors (Lipinski definition) is 4. The summed E-state index contributed by atoms with van der Waals surface area (Å²) in [5, 5.41) is 17.9. The van der Waals surface area contributed by atoms with Crippen LogP contribution >= 0.6 is 0 Å². The van der Waals surface area contributed by atoms with Gasteiger partial charge in [0.25, 0.3) is 0 Å². The molecular formula is C16H20N2O3. The molecule has 0 amide bonds. The van der Waals surface area contributed by atoms with Crippen molar-refractivity contribution < 1.29 is 14.6 Å². The molecule has 1 saturated heterocycles. The molecule has 5 nitrogen and oxygen atoms in total. The van der Waals surface area contributed by atoms with Crippen molar-refractivity contribution in [1.82, 2.24) is 4.90 Å². The topological polar surface area (TPSA) is 73.6 Å². The summed E-state index contributed by atoms with van der Waals surface area (Å²) in [7, 11) is 1.56. The van der Waals surface area contributed by atoms with Gasteiger partial charge in [0, 0.05) is 13.0 Å². The Kier molecular flexibility index (Phi) is 5.18. The molecule has 2 rings (SSSR count). The predicted molar refractivity (Wildman–Crippen MR) is 78.0 cm³/mol. The summed E-state index contributed by atoms with van der Waals surface area (Å²) in [6.45, 7) is 2.61. The monoisotopic (exact) mass is 288 g/mol. The van der Waals surface area contributed by atoms with Crippen molar-refractivity contribution in [2.45, 2.75) is 25.8 Å². The van der Waals surface area contributed by atoms with Crippen molar-refractivity contribution in [2.24, 2.45) is 5.92 Å². The van der Waals surface area contributed by atoms with E-state index in [0.717, 1.165) is 38.0 Å². The summed E-state index contributed by atoms with van der Waals surface area (Å²) in [6, 6.07) is 7.81. The van der Waals surface area contributed by atoms with Crippen LogP contribution < -0.4 is 4.74 Å². The third kappa shape index (κ3) is 4.20. The lowest BCUT2D eigenvalue weighted by atomic mass is 9.93. The van der Waals surface area contributed by atoms with E-state index in [1.165, 1.54) is 0 Å². The van der Waals surface area contributed by atoms with Crippen LogP contribution in [0.25, 0.3) is 0 Å². The maximum Gasteiger partial charge on any atom is 0.303 e. The Morgan fingerprint density at radius 3 is 2.76 bits per heavy atom. The summed E-state index contributed by atoms with van der Waals surface area (Å²) in [5.41, 5.74) is 1.64. The van der Waals surface area contributed by atoms with Gasteiger partial charge in [0.2, 0.25) is 0 Å². The Morgan fingerprint density at radius 1 is 1.48 bits per heavy atom. The fourth-order valence-corrected chi connectivity index (χ4v) is 2.79. The second-order valence-electron chi connectivity index (χ2n) is 5.46. The average molecular weight is 288 g/mol. The molecular weight excluding hydrogens is 268 g/mol. The van der Waals surface area contributed by atoms with Crippen LogP contribution in [-0.4, -0.2) is 36.2 Å². The van der Waals surface area contributed by atoms with E-state index in [1.54, 1.807) is 7.11 Å². The second kappa shape index (κ2) is 7.09. The van der Waals surface area contributed by atoms with E-state index in [0.29, 0.717) is 17.2 Å². The highest BCUT2D eigenvalue weighted by atomic mass is 16.5. The van der Waals surface area contributed by atoms with Gasteiger partial charge in [0.05, 0.1) is 12.7 Å². The number of carbonyl (C=O) groups is 1. The van der Waals surface area contributed by atoms with Crippen molar-refractivity contribution in [3.05, 3.63) is 29.3 Å². The van der Waals surface area contributed by atoms with Crippen LogP contribution in [0.3, 0.4) is 0 Å². The van der Waals surface area contributed by atoms with E-state index in [1.807, 2.05) is 18.2 Å². The summed E-state index contributed by atoms with van der Waals surface area (Å²) < 4.78 is 5.14. The van der Waals surface area contributed by atoms with Crippen LogP contribution in [-0.2, 0) is 11.3 Å². The molecule has 0 unspecified atom stereocenters. The predicted octanol–water partition coefficient (Wildman–Crippen LogP) is 2.25. The number of nitriles is 1. The number of ether oxygens (including phenoxy) is 1. The lowest BCUT2D eigenvalue weighted by molar-refractivity contribution is -0.138. The van der Waals surface area contributed by atoms with Crippen LogP contribution in [0.5, 0.6) is 5.75 Å². The van der Waals surface area contributed by atoms with Crippen molar-refractivity contribution in [3.8, 4) is 11.8 Å². The minimum Gasteiger partial charge on any atom is -0.495 e. The van der Waals surface area contributed by atoms with E-state index in [-0.39, 0.29) is 6.42 Å². The molecule has 112 valence electrons. The van der Waals surface area contributed by atoms with E-state index < -0.39 is 5.97 Å². The van der Waals surface area contributed by atoms with Gasteiger partial charge in [-0.3, -0.25) is 9.69 Å².